The van der Waals surface area contributed by atoms with Gasteiger partial charge in [0.05, 0.1) is 5.75 Å². The summed E-state index contributed by atoms with van der Waals surface area (Å²) in [4.78, 5) is 15.6. The number of hydrogen-bond acceptors (Lipinski definition) is 3. The first-order valence-electron chi connectivity index (χ1n) is 7.11. The van der Waals surface area contributed by atoms with Crippen molar-refractivity contribution < 1.29 is 4.79 Å². The van der Waals surface area contributed by atoms with Crippen LogP contribution in [0.3, 0.4) is 0 Å². The van der Waals surface area contributed by atoms with Gasteiger partial charge in [0.15, 0.2) is 0 Å². The molecule has 2 aromatic carbocycles. The Morgan fingerprint density at radius 2 is 1.86 bits per heavy atom. The number of fused-ring (bicyclic) bond motifs is 1. The summed E-state index contributed by atoms with van der Waals surface area (Å²) in [5, 5.41) is 3.36. The zero-order valence-electron chi connectivity index (χ0n) is 11.8. The third kappa shape index (κ3) is 3.46. The Morgan fingerprint density at radius 1 is 1.10 bits per heavy atom. The van der Waals surface area contributed by atoms with Gasteiger partial charge >= 0.3 is 0 Å². The first-order chi connectivity index (χ1) is 10.3. The zero-order chi connectivity index (χ0) is 14.5. The summed E-state index contributed by atoms with van der Waals surface area (Å²) in [6.45, 7) is 2.38. The topological polar surface area (TPSA) is 32.3 Å². The second-order valence-corrected chi connectivity index (χ2v) is 6.00. The van der Waals surface area contributed by atoms with Crippen molar-refractivity contribution in [3.8, 4) is 0 Å². The number of carbonyl (C=O) groups excluding carboxylic acids is 1. The SMILES string of the molecule is O=C(CSc1ccccc1)N1CCNCc2ccccc21. The molecule has 0 radical (unpaired) electrons. The number of amides is 1. The van der Waals surface area contributed by atoms with Crippen LogP contribution in [0.25, 0.3) is 0 Å². The summed E-state index contributed by atoms with van der Waals surface area (Å²) in [6, 6.07) is 18.2. The number of anilines is 1. The summed E-state index contributed by atoms with van der Waals surface area (Å²) in [7, 11) is 0. The van der Waals surface area contributed by atoms with Gasteiger partial charge < -0.3 is 10.2 Å². The second kappa shape index (κ2) is 6.78. The lowest BCUT2D eigenvalue weighted by atomic mass is 10.1. The Labute approximate surface area is 129 Å². The summed E-state index contributed by atoms with van der Waals surface area (Å²) in [5.41, 5.74) is 2.23. The van der Waals surface area contributed by atoms with Gasteiger partial charge in [-0.2, -0.15) is 0 Å². The Kier molecular flexibility index (Phi) is 4.58. The molecule has 0 fully saturated rings. The van der Waals surface area contributed by atoms with Crippen LogP contribution in [0.2, 0.25) is 0 Å². The fraction of sp³-hybridized carbons (Fsp3) is 0.235. The minimum absolute atomic E-state index is 0.167. The molecule has 1 N–H and O–H groups in total. The maximum atomic E-state index is 12.6. The molecule has 0 atom stereocenters. The van der Waals surface area contributed by atoms with Crippen LogP contribution < -0.4 is 10.2 Å². The normalized spacial score (nSPS) is 14.4. The number of hydrogen-bond donors (Lipinski definition) is 1. The maximum Gasteiger partial charge on any atom is 0.237 e. The lowest BCUT2D eigenvalue weighted by molar-refractivity contribution is -0.116. The van der Waals surface area contributed by atoms with Crippen LogP contribution in [0.4, 0.5) is 5.69 Å². The minimum atomic E-state index is 0.167. The molecule has 1 heterocycles. The van der Waals surface area contributed by atoms with Gasteiger partial charge in [-0.15, -0.1) is 11.8 Å². The molecule has 3 rings (SSSR count). The quantitative estimate of drug-likeness (QED) is 0.884. The second-order valence-electron chi connectivity index (χ2n) is 4.95. The van der Waals surface area contributed by atoms with Crippen molar-refractivity contribution in [2.75, 3.05) is 23.7 Å². The van der Waals surface area contributed by atoms with E-state index in [0.717, 1.165) is 30.2 Å². The summed E-state index contributed by atoms with van der Waals surface area (Å²) in [6.07, 6.45) is 0. The van der Waals surface area contributed by atoms with Crippen LogP contribution in [0.1, 0.15) is 5.56 Å². The third-order valence-electron chi connectivity index (χ3n) is 3.52. The van der Waals surface area contributed by atoms with E-state index in [1.807, 2.05) is 53.4 Å². The standard InChI is InChI=1S/C17H18N2OS/c20-17(13-21-15-7-2-1-3-8-15)19-11-10-18-12-14-6-4-5-9-16(14)19/h1-9,18H,10-13H2. The molecular formula is C17H18N2OS. The highest BCUT2D eigenvalue weighted by molar-refractivity contribution is 8.00. The smallest absolute Gasteiger partial charge is 0.237 e. The van der Waals surface area contributed by atoms with Crippen LogP contribution in [0.5, 0.6) is 0 Å². The van der Waals surface area contributed by atoms with Gasteiger partial charge in [0, 0.05) is 30.2 Å². The number of carbonyl (C=O) groups is 1. The van der Waals surface area contributed by atoms with E-state index in [4.69, 9.17) is 0 Å². The van der Waals surface area contributed by atoms with Gasteiger partial charge in [-0.3, -0.25) is 4.79 Å². The van der Waals surface area contributed by atoms with Gasteiger partial charge in [0.2, 0.25) is 5.91 Å². The largest absolute Gasteiger partial charge is 0.311 e. The summed E-state index contributed by atoms with van der Waals surface area (Å²) in [5.74, 6) is 0.637. The Morgan fingerprint density at radius 3 is 2.71 bits per heavy atom. The molecule has 2 aromatic rings. The molecular weight excluding hydrogens is 280 g/mol. The van der Waals surface area contributed by atoms with Gasteiger partial charge in [-0.05, 0) is 23.8 Å². The van der Waals surface area contributed by atoms with E-state index in [1.54, 1.807) is 11.8 Å². The molecule has 0 aliphatic carbocycles. The van der Waals surface area contributed by atoms with Crippen molar-refractivity contribution in [2.45, 2.75) is 11.4 Å². The van der Waals surface area contributed by atoms with E-state index in [1.165, 1.54) is 5.56 Å². The number of rotatable bonds is 3. The van der Waals surface area contributed by atoms with Crippen LogP contribution in [-0.2, 0) is 11.3 Å². The predicted octanol–water partition coefficient (Wildman–Crippen LogP) is 2.92. The van der Waals surface area contributed by atoms with Crippen molar-refractivity contribution >= 4 is 23.4 Å². The van der Waals surface area contributed by atoms with Gasteiger partial charge in [-0.1, -0.05) is 36.4 Å². The van der Waals surface area contributed by atoms with E-state index in [9.17, 15) is 4.79 Å². The van der Waals surface area contributed by atoms with Crippen LogP contribution in [0, 0.1) is 0 Å². The number of nitrogens with zero attached hydrogens (tertiary/aromatic N) is 1. The molecule has 4 heteroatoms. The summed E-state index contributed by atoms with van der Waals surface area (Å²) >= 11 is 1.59. The average molecular weight is 298 g/mol. The number of para-hydroxylation sites is 1. The van der Waals surface area contributed by atoms with Gasteiger partial charge in [0.25, 0.3) is 0 Å². The van der Waals surface area contributed by atoms with E-state index in [-0.39, 0.29) is 5.91 Å². The molecule has 21 heavy (non-hydrogen) atoms. The highest BCUT2D eigenvalue weighted by atomic mass is 32.2. The molecule has 1 amide bonds. The van der Waals surface area contributed by atoms with Crippen LogP contribution >= 0.6 is 11.8 Å². The lowest BCUT2D eigenvalue weighted by Crippen LogP contribution is -2.35. The zero-order valence-corrected chi connectivity index (χ0v) is 12.6. The van der Waals surface area contributed by atoms with Crippen molar-refractivity contribution in [2.24, 2.45) is 0 Å². The van der Waals surface area contributed by atoms with E-state index in [0.29, 0.717) is 5.75 Å². The van der Waals surface area contributed by atoms with Gasteiger partial charge in [0.1, 0.15) is 0 Å². The molecule has 1 aliphatic heterocycles. The molecule has 0 saturated heterocycles. The lowest BCUT2D eigenvalue weighted by Gasteiger charge is -2.22. The van der Waals surface area contributed by atoms with Crippen molar-refractivity contribution in [1.82, 2.24) is 5.32 Å². The van der Waals surface area contributed by atoms with E-state index >= 15 is 0 Å². The fourth-order valence-corrected chi connectivity index (χ4v) is 3.25. The van der Waals surface area contributed by atoms with E-state index < -0.39 is 0 Å². The number of benzene rings is 2. The molecule has 0 bridgehead atoms. The van der Waals surface area contributed by atoms with Gasteiger partial charge in [-0.25, -0.2) is 0 Å². The molecule has 1 aliphatic rings. The first kappa shape index (κ1) is 14.2. The molecule has 3 nitrogen and oxygen atoms in total. The molecule has 0 saturated carbocycles. The highest BCUT2D eigenvalue weighted by Crippen LogP contribution is 2.24. The van der Waals surface area contributed by atoms with Crippen LogP contribution in [0.15, 0.2) is 59.5 Å². The monoisotopic (exact) mass is 298 g/mol. The number of nitrogens with one attached hydrogen (secondary N) is 1. The van der Waals surface area contributed by atoms with Crippen molar-refractivity contribution in [1.29, 1.82) is 0 Å². The Bertz CT molecular complexity index is 615. The van der Waals surface area contributed by atoms with E-state index in [2.05, 4.69) is 11.4 Å². The Hall–Kier alpha value is -1.78. The maximum absolute atomic E-state index is 12.6. The Balaban J connectivity index is 1.72. The highest BCUT2D eigenvalue weighted by Gasteiger charge is 2.20. The predicted molar refractivity (Wildman–Crippen MR) is 87.7 cm³/mol. The van der Waals surface area contributed by atoms with Crippen molar-refractivity contribution in [3.63, 3.8) is 0 Å². The average Bonchev–Trinajstić information content (AvgIpc) is 2.76. The first-order valence-corrected chi connectivity index (χ1v) is 8.10. The van der Waals surface area contributed by atoms with Crippen molar-refractivity contribution in [3.05, 3.63) is 60.2 Å². The third-order valence-corrected chi connectivity index (χ3v) is 4.51. The minimum Gasteiger partial charge on any atom is -0.311 e. The summed E-state index contributed by atoms with van der Waals surface area (Å²) < 4.78 is 0. The molecule has 0 unspecified atom stereocenters. The molecule has 108 valence electrons. The molecule has 0 aromatic heterocycles. The van der Waals surface area contributed by atoms with Crippen LogP contribution in [-0.4, -0.2) is 24.7 Å². The number of thioether (sulfide) groups is 1. The molecule has 0 spiro atoms. The fourth-order valence-electron chi connectivity index (χ4n) is 2.46.